The van der Waals surface area contributed by atoms with Gasteiger partial charge in [0.1, 0.15) is 6.61 Å². The number of hydrogen-bond donors (Lipinski definition) is 1. The van der Waals surface area contributed by atoms with E-state index in [9.17, 15) is 0 Å². The van der Waals surface area contributed by atoms with E-state index in [1.807, 2.05) is 19.1 Å². The molecule has 0 aromatic carbocycles. The highest BCUT2D eigenvalue weighted by atomic mass is 16.6. The molecule has 3 aliphatic rings. The van der Waals surface area contributed by atoms with Crippen LogP contribution in [-0.4, -0.2) is 32.5 Å². The lowest BCUT2D eigenvalue weighted by molar-refractivity contribution is 0.145. The van der Waals surface area contributed by atoms with Gasteiger partial charge in [-0.15, -0.1) is 6.58 Å². The SMILES string of the molecule is C=CCC1=C2C=COCC3=C2B(OC3C)O[C@@H]1CN. The number of hydrogen-bond acceptors (Lipinski definition) is 4. The van der Waals surface area contributed by atoms with Crippen molar-refractivity contribution in [2.75, 3.05) is 13.2 Å². The van der Waals surface area contributed by atoms with Gasteiger partial charge in [0.25, 0.3) is 0 Å². The third-order valence-corrected chi connectivity index (χ3v) is 3.86. The monoisotopic (exact) mass is 259 g/mol. The van der Waals surface area contributed by atoms with Gasteiger partial charge < -0.3 is 19.8 Å². The second kappa shape index (κ2) is 5.00. The van der Waals surface area contributed by atoms with E-state index < -0.39 is 0 Å². The maximum atomic E-state index is 5.99. The first kappa shape index (κ1) is 12.7. The molecule has 0 aliphatic carbocycles. The second-order valence-electron chi connectivity index (χ2n) is 4.96. The quantitative estimate of drug-likeness (QED) is 0.616. The molecule has 0 aromatic heterocycles. The summed E-state index contributed by atoms with van der Waals surface area (Å²) in [7, 11) is -0.312. The van der Waals surface area contributed by atoms with Crippen LogP contribution in [0.3, 0.4) is 0 Å². The maximum absolute atomic E-state index is 5.99. The molecule has 0 bridgehead atoms. The van der Waals surface area contributed by atoms with Crippen LogP contribution in [0.4, 0.5) is 0 Å². The Labute approximate surface area is 113 Å². The molecule has 2 N–H and O–H groups in total. The first-order chi connectivity index (χ1) is 9.26. The lowest BCUT2D eigenvalue weighted by Crippen LogP contribution is -2.39. The van der Waals surface area contributed by atoms with E-state index in [-0.39, 0.29) is 19.3 Å². The molecule has 19 heavy (non-hydrogen) atoms. The molecule has 3 aliphatic heterocycles. The van der Waals surface area contributed by atoms with Crippen molar-refractivity contribution in [3.63, 3.8) is 0 Å². The van der Waals surface area contributed by atoms with Gasteiger partial charge in [-0.1, -0.05) is 6.08 Å². The zero-order valence-electron chi connectivity index (χ0n) is 11.1. The standard InChI is InChI=1S/C14H18BNO3/c1-3-4-10-11-5-6-17-8-12-9(2)18-15(14(11)12)19-13(10)7-16/h3,5-6,9,13H,1,4,7-8,16H2,2H3/t9?,13-/m1/s1. The molecule has 0 aromatic rings. The fourth-order valence-electron chi connectivity index (χ4n) is 2.92. The molecule has 1 unspecified atom stereocenters. The van der Waals surface area contributed by atoms with Gasteiger partial charge in [0.2, 0.25) is 0 Å². The molecule has 0 spiro atoms. The van der Waals surface area contributed by atoms with Gasteiger partial charge in [0.15, 0.2) is 0 Å². The number of nitrogens with two attached hydrogens (primary N) is 1. The molecule has 0 fully saturated rings. The van der Waals surface area contributed by atoms with Crippen molar-refractivity contribution in [2.24, 2.45) is 5.73 Å². The Morgan fingerprint density at radius 3 is 3.11 bits per heavy atom. The highest BCUT2D eigenvalue weighted by molar-refractivity contribution is 6.57. The maximum Gasteiger partial charge on any atom is 0.495 e. The van der Waals surface area contributed by atoms with Crippen molar-refractivity contribution in [2.45, 2.75) is 25.6 Å². The van der Waals surface area contributed by atoms with E-state index >= 15 is 0 Å². The summed E-state index contributed by atoms with van der Waals surface area (Å²) in [5.41, 5.74) is 10.4. The Bertz CT molecular complexity index is 495. The van der Waals surface area contributed by atoms with Crippen molar-refractivity contribution in [3.8, 4) is 0 Å². The van der Waals surface area contributed by atoms with E-state index in [0.29, 0.717) is 13.2 Å². The molecule has 0 saturated heterocycles. The minimum atomic E-state index is -0.312. The summed E-state index contributed by atoms with van der Waals surface area (Å²) in [6.45, 7) is 6.85. The highest BCUT2D eigenvalue weighted by Crippen LogP contribution is 2.40. The molecule has 3 heterocycles. The van der Waals surface area contributed by atoms with Crippen molar-refractivity contribution < 1.29 is 14.0 Å². The van der Waals surface area contributed by atoms with Crippen molar-refractivity contribution in [3.05, 3.63) is 47.2 Å². The average Bonchev–Trinajstić information content (AvgIpc) is 2.61. The van der Waals surface area contributed by atoms with Crippen LogP contribution in [0.1, 0.15) is 13.3 Å². The van der Waals surface area contributed by atoms with Gasteiger partial charge in [0.05, 0.1) is 18.5 Å². The summed E-state index contributed by atoms with van der Waals surface area (Å²) in [5, 5.41) is 0. The fraction of sp³-hybridized carbons (Fsp3) is 0.429. The normalized spacial score (nSPS) is 29.3. The Morgan fingerprint density at radius 1 is 1.53 bits per heavy atom. The van der Waals surface area contributed by atoms with E-state index in [0.717, 1.165) is 17.5 Å². The number of rotatable bonds is 3. The van der Waals surface area contributed by atoms with Gasteiger partial charge in [0, 0.05) is 6.54 Å². The van der Waals surface area contributed by atoms with E-state index in [4.69, 9.17) is 19.8 Å². The van der Waals surface area contributed by atoms with Gasteiger partial charge in [-0.25, -0.2) is 0 Å². The van der Waals surface area contributed by atoms with Crippen LogP contribution < -0.4 is 5.73 Å². The molecule has 0 radical (unpaired) electrons. The largest absolute Gasteiger partial charge is 0.497 e. The Hall–Kier alpha value is -1.30. The van der Waals surface area contributed by atoms with Crippen LogP contribution >= 0.6 is 0 Å². The second-order valence-corrected chi connectivity index (χ2v) is 4.96. The van der Waals surface area contributed by atoms with E-state index in [2.05, 4.69) is 6.58 Å². The van der Waals surface area contributed by atoms with E-state index in [1.54, 1.807) is 6.26 Å². The molecule has 2 atom stereocenters. The molecule has 3 rings (SSSR count). The predicted octanol–water partition coefficient (Wildman–Crippen LogP) is 1.50. The zero-order chi connectivity index (χ0) is 13.4. The van der Waals surface area contributed by atoms with E-state index in [1.165, 1.54) is 11.1 Å². The first-order valence-corrected chi connectivity index (χ1v) is 6.62. The Balaban J connectivity index is 2.15. The number of allylic oxidation sites excluding steroid dienone is 4. The summed E-state index contributed by atoms with van der Waals surface area (Å²) in [4.78, 5) is 0. The average molecular weight is 259 g/mol. The number of ether oxygens (including phenoxy) is 1. The van der Waals surface area contributed by atoms with Crippen LogP contribution in [0.25, 0.3) is 0 Å². The minimum absolute atomic E-state index is 0.0244. The fourth-order valence-corrected chi connectivity index (χ4v) is 2.92. The summed E-state index contributed by atoms with van der Waals surface area (Å²) in [6.07, 6.45) is 6.31. The molecule has 0 amide bonds. The zero-order valence-corrected chi connectivity index (χ0v) is 11.1. The van der Waals surface area contributed by atoms with Gasteiger partial charge in [-0.2, -0.15) is 0 Å². The van der Waals surface area contributed by atoms with Crippen LogP contribution in [0.2, 0.25) is 0 Å². The Kier molecular flexibility index (Phi) is 3.35. The summed E-state index contributed by atoms with van der Waals surface area (Å²) in [5.74, 6) is 0. The third-order valence-electron chi connectivity index (χ3n) is 3.86. The predicted molar refractivity (Wildman–Crippen MR) is 74.2 cm³/mol. The van der Waals surface area contributed by atoms with Crippen molar-refractivity contribution in [1.82, 2.24) is 0 Å². The topological polar surface area (TPSA) is 53.7 Å². The summed E-state index contributed by atoms with van der Waals surface area (Å²) in [6, 6.07) is 0. The lowest BCUT2D eigenvalue weighted by atomic mass is 9.68. The minimum Gasteiger partial charge on any atom is -0.497 e. The molecule has 100 valence electrons. The third kappa shape index (κ3) is 1.98. The van der Waals surface area contributed by atoms with Crippen LogP contribution in [0.15, 0.2) is 47.2 Å². The molecular formula is C14H18BNO3. The van der Waals surface area contributed by atoms with Crippen molar-refractivity contribution in [1.29, 1.82) is 0 Å². The lowest BCUT2D eigenvalue weighted by Gasteiger charge is -2.30. The highest BCUT2D eigenvalue weighted by Gasteiger charge is 2.45. The first-order valence-electron chi connectivity index (χ1n) is 6.62. The van der Waals surface area contributed by atoms with Gasteiger partial charge in [-0.05, 0) is 41.6 Å². The van der Waals surface area contributed by atoms with Gasteiger partial charge >= 0.3 is 7.12 Å². The molecule has 4 nitrogen and oxygen atoms in total. The van der Waals surface area contributed by atoms with Crippen LogP contribution in [0.5, 0.6) is 0 Å². The Morgan fingerprint density at radius 2 is 2.37 bits per heavy atom. The van der Waals surface area contributed by atoms with Crippen LogP contribution in [0, 0.1) is 0 Å². The van der Waals surface area contributed by atoms with Crippen molar-refractivity contribution >= 4 is 7.12 Å². The molecule has 5 heteroatoms. The van der Waals surface area contributed by atoms with Crippen LogP contribution in [-0.2, 0) is 14.0 Å². The molecular weight excluding hydrogens is 241 g/mol. The summed E-state index contributed by atoms with van der Waals surface area (Å²) >= 11 is 0. The smallest absolute Gasteiger partial charge is 0.495 e. The van der Waals surface area contributed by atoms with Gasteiger partial charge in [-0.3, -0.25) is 0 Å². The summed E-state index contributed by atoms with van der Waals surface area (Å²) < 4.78 is 17.4. The molecule has 0 saturated carbocycles.